The van der Waals surface area contributed by atoms with Crippen LogP contribution in [0.25, 0.3) is 10.1 Å². The molecule has 0 atom stereocenters. The van der Waals surface area contributed by atoms with Crippen molar-refractivity contribution in [2.24, 2.45) is 0 Å². The third-order valence-electron chi connectivity index (χ3n) is 2.65. The Morgan fingerprint density at radius 3 is 3.00 bits per heavy atom. The normalized spacial score (nSPS) is 10.8. The van der Waals surface area contributed by atoms with Crippen LogP contribution in [0.4, 0.5) is 0 Å². The lowest BCUT2D eigenvalue weighted by Crippen LogP contribution is -2.00. The zero-order valence-electron chi connectivity index (χ0n) is 9.19. The maximum Gasteiger partial charge on any atom is 0.303 e. The maximum atomic E-state index is 10.4. The number of benzene rings is 1. The van der Waals surface area contributed by atoms with Gasteiger partial charge in [0.2, 0.25) is 0 Å². The molecule has 1 heterocycles. The highest BCUT2D eigenvalue weighted by atomic mass is 32.1. The molecule has 0 spiro atoms. The average molecular weight is 232 g/mol. The molecule has 0 saturated heterocycles. The van der Waals surface area contributed by atoms with E-state index < -0.39 is 5.97 Å². The SMILES string of the molecule is Bc1ccc2scc(CCCC(=O)O)c2c1. The largest absolute Gasteiger partial charge is 0.481 e. The second-order valence-corrected chi connectivity index (χ2v) is 4.92. The van der Waals surface area contributed by atoms with E-state index in [1.54, 1.807) is 11.3 Å². The first-order chi connectivity index (χ1) is 7.66. The van der Waals surface area contributed by atoms with Gasteiger partial charge in [-0.05, 0) is 35.2 Å². The Labute approximate surface area is 99.3 Å². The number of fused-ring (bicyclic) bond motifs is 1. The van der Waals surface area contributed by atoms with Gasteiger partial charge in [-0.2, -0.15) is 0 Å². The number of aryl methyl sites for hydroxylation is 1. The van der Waals surface area contributed by atoms with Gasteiger partial charge in [-0.25, -0.2) is 0 Å². The smallest absolute Gasteiger partial charge is 0.303 e. The number of rotatable bonds is 4. The van der Waals surface area contributed by atoms with Gasteiger partial charge in [0, 0.05) is 11.1 Å². The summed E-state index contributed by atoms with van der Waals surface area (Å²) in [6, 6.07) is 6.43. The second-order valence-electron chi connectivity index (χ2n) is 4.01. The number of hydrogen-bond acceptors (Lipinski definition) is 2. The summed E-state index contributed by atoms with van der Waals surface area (Å²) in [4.78, 5) is 10.4. The first-order valence-electron chi connectivity index (χ1n) is 5.35. The monoisotopic (exact) mass is 232 g/mol. The van der Waals surface area contributed by atoms with Crippen molar-refractivity contribution in [3.05, 3.63) is 29.1 Å². The molecule has 0 radical (unpaired) electrons. The molecule has 4 heteroatoms. The molecule has 0 aliphatic carbocycles. The Bertz CT molecular complexity index is 519. The first-order valence-corrected chi connectivity index (χ1v) is 6.23. The van der Waals surface area contributed by atoms with Gasteiger partial charge in [0.1, 0.15) is 7.85 Å². The van der Waals surface area contributed by atoms with Crippen molar-refractivity contribution in [1.82, 2.24) is 0 Å². The Balaban J connectivity index is 2.17. The van der Waals surface area contributed by atoms with E-state index in [2.05, 4.69) is 31.4 Å². The molecule has 82 valence electrons. The molecule has 1 aromatic heterocycles. The lowest BCUT2D eigenvalue weighted by molar-refractivity contribution is -0.137. The van der Waals surface area contributed by atoms with Gasteiger partial charge in [0.15, 0.2) is 0 Å². The topological polar surface area (TPSA) is 37.3 Å². The first kappa shape index (κ1) is 11.2. The lowest BCUT2D eigenvalue weighted by Gasteiger charge is -1.99. The summed E-state index contributed by atoms with van der Waals surface area (Å²) in [5, 5.41) is 12.0. The molecule has 0 saturated carbocycles. The average Bonchev–Trinajstić information content (AvgIpc) is 2.60. The summed E-state index contributed by atoms with van der Waals surface area (Å²) >= 11 is 1.73. The molecular weight excluding hydrogens is 219 g/mol. The van der Waals surface area contributed by atoms with Crippen molar-refractivity contribution in [3.8, 4) is 0 Å². The molecule has 0 aliphatic heterocycles. The van der Waals surface area contributed by atoms with Gasteiger partial charge < -0.3 is 5.11 Å². The van der Waals surface area contributed by atoms with Crippen molar-refractivity contribution < 1.29 is 9.90 Å². The Kier molecular flexibility index (Phi) is 3.29. The number of carboxylic acids is 1. The minimum atomic E-state index is -0.712. The fourth-order valence-electron chi connectivity index (χ4n) is 1.82. The van der Waals surface area contributed by atoms with E-state index >= 15 is 0 Å². The third-order valence-corrected chi connectivity index (χ3v) is 3.66. The molecule has 0 amide bonds. The molecule has 2 rings (SSSR count). The van der Waals surface area contributed by atoms with Crippen LogP contribution < -0.4 is 5.46 Å². The molecule has 2 nitrogen and oxygen atoms in total. The van der Waals surface area contributed by atoms with Crippen molar-refractivity contribution in [2.45, 2.75) is 19.3 Å². The van der Waals surface area contributed by atoms with Gasteiger partial charge in [0.05, 0.1) is 0 Å². The van der Waals surface area contributed by atoms with Crippen LogP contribution in [0.3, 0.4) is 0 Å². The number of carboxylic acid groups (broad SMARTS) is 1. The minimum Gasteiger partial charge on any atom is -0.481 e. The van der Waals surface area contributed by atoms with E-state index in [9.17, 15) is 4.79 Å². The molecule has 0 fully saturated rings. The van der Waals surface area contributed by atoms with E-state index in [-0.39, 0.29) is 6.42 Å². The summed E-state index contributed by atoms with van der Waals surface area (Å²) in [5.41, 5.74) is 2.54. The van der Waals surface area contributed by atoms with Gasteiger partial charge >= 0.3 is 5.97 Å². The van der Waals surface area contributed by atoms with Crippen LogP contribution in [-0.4, -0.2) is 18.9 Å². The van der Waals surface area contributed by atoms with E-state index in [4.69, 9.17) is 5.11 Å². The highest BCUT2D eigenvalue weighted by molar-refractivity contribution is 7.17. The van der Waals surface area contributed by atoms with Crippen LogP contribution in [0.5, 0.6) is 0 Å². The Morgan fingerprint density at radius 2 is 2.25 bits per heavy atom. The zero-order chi connectivity index (χ0) is 11.5. The fourth-order valence-corrected chi connectivity index (χ4v) is 2.80. The van der Waals surface area contributed by atoms with Crippen LogP contribution in [0, 0.1) is 0 Å². The van der Waals surface area contributed by atoms with E-state index in [0.29, 0.717) is 0 Å². The van der Waals surface area contributed by atoms with E-state index in [0.717, 1.165) is 12.8 Å². The molecule has 16 heavy (non-hydrogen) atoms. The van der Waals surface area contributed by atoms with Gasteiger partial charge in [-0.3, -0.25) is 4.79 Å². The maximum absolute atomic E-state index is 10.4. The van der Waals surface area contributed by atoms with Crippen LogP contribution in [0.1, 0.15) is 18.4 Å². The minimum absolute atomic E-state index is 0.253. The van der Waals surface area contributed by atoms with Crippen LogP contribution in [-0.2, 0) is 11.2 Å². The lowest BCUT2D eigenvalue weighted by atomic mass is 9.94. The van der Waals surface area contributed by atoms with Gasteiger partial charge in [-0.1, -0.05) is 17.6 Å². The Morgan fingerprint density at radius 1 is 1.44 bits per heavy atom. The predicted molar refractivity (Wildman–Crippen MR) is 70.6 cm³/mol. The Hall–Kier alpha value is -1.29. The molecule has 2 aromatic rings. The van der Waals surface area contributed by atoms with Crippen molar-refractivity contribution >= 4 is 40.7 Å². The summed E-state index contributed by atoms with van der Waals surface area (Å²) < 4.78 is 1.29. The number of hydrogen-bond donors (Lipinski definition) is 1. The molecule has 0 aliphatic rings. The van der Waals surface area contributed by atoms with E-state index in [1.807, 2.05) is 0 Å². The van der Waals surface area contributed by atoms with Gasteiger partial charge in [-0.15, -0.1) is 11.3 Å². The second kappa shape index (κ2) is 4.70. The van der Waals surface area contributed by atoms with Crippen LogP contribution in [0.15, 0.2) is 23.6 Å². The van der Waals surface area contributed by atoms with Gasteiger partial charge in [0.25, 0.3) is 0 Å². The van der Waals surface area contributed by atoms with Crippen molar-refractivity contribution in [3.63, 3.8) is 0 Å². The highest BCUT2D eigenvalue weighted by Gasteiger charge is 2.05. The standard InChI is InChI=1S/C12H13BO2S/c13-9-4-5-11-10(6-9)8(7-16-11)2-1-3-12(14)15/h4-7H,1-3,13H2,(H,14,15). The zero-order valence-corrected chi connectivity index (χ0v) is 10.0. The molecule has 0 bridgehead atoms. The van der Waals surface area contributed by atoms with Crippen LogP contribution in [0.2, 0.25) is 0 Å². The molecule has 1 aromatic carbocycles. The predicted octanol–water partition coefficient (Wildman–Crippen LogP) is 1.57. The van der Waals surface area contributed by atoms with Crippen LogP contribution >= 0.6 is 11.3 Å². The number of thiophene rings is 1. The molecule has 0 unspecified atom stereocenters. The quantitative estimate of drug-likeness (QED) is 0.812. The van der Waals surface area contributed by atoms with E-state index in [1.165, 1.54) is 21.1 Å². The number of aliphatic carboxylic acids is 1. The summed E-state index contributed by atoms with van der Waals surface area (Å²) in [6.07, 6.45) is 1.83. The van der Waals surface area contributed by atoms with Crippen molar-refractivity contribution in [1.29, 1.82) is 0 Å². The summed E-state index contributed by atoms with van der Waals surface area (Å²) in [6.45, 7) is 0. The summed E-state index contributed by atoms with van der Waals surface area (Å²) in [5.74, 6) is -0.712. The van der Waals surface area contributed by atoms with Crippen molar-refractivity contribution in [2.75, 3.05) is 0 Å². The fraction of sp³-hybridized carbons (Fsp3) is 0.250. The molecule has 1 N–H and O–H groups in total. The molecular formula is C12H13BO2S. The third kappa shape index (κ3) is 2.45. The summed E-state index contributed by atoms with van der Waals surface area (Å²) in [7, 11) is 2.08. The number of carbonyl (C=O) groups is 1. The highest BCUT2D eigenvalue weighted by Crippen LogP contribution is 2.26.